The van der Waals surface area contributed by atoms with Gasteiger partial charge in [0.2, 0.25) is 10.0 Å². The monoisotopic (exact) mass is 577 g/mol. The number of sulfonamides is 1. The summed E-state index contributed by atoms with van der Waals surface area (Å²) in [6.07, 6.45) is -3.63. The lowest BCUT2D eigenvalue weighted by atomic mass is 10.0. The summed E-state index contributed by atoms with van der Waals surface area (Å²) >= 11 is 6.00. The van der Waals surface area contributed by atoms with Crippen LogP contribution in [0.1, 0.15) is 40.7 Å². The predicted molar refractivity (Wildman–Crippen MR) is 142 cm³/mol. The van der Waals surface area contributed by atoms with E-state index in [-0.39, 0.29) is 47.1 Å². The average molecular weight is 578 g/mol. The van der Waals surface area contributed by atoms with Gasteiger partial charge in [0.1, 0.15) is 5.78 Å². The molecule has 1 heterocycles. The Morgan fingerprint density at radius 3 is 2.08 bits per heavy atom. The van der Waals surface area contributed by atoms with Gasteiger partial charge in [-0.05, 0) is 60.7 Å². The average Bonchev–Trinajstić information content (AvgIpc) is 3.38. The van der Waals surface area contributed by atoms with Crippen molar-refractivity contribution in [2.45, 2.75) is 56.1 Å². The van der Waals surface area contributed by atoms with Gasteiger partial charge in [0.05, 0.1) is 16.5 Å². The highest BCUT2D eigenvalue weighted by Crippen LogP contribution is 2.33. The zero-order valence-electron chi connectivity index (χ0n) is 21.2. The Bertz CT molecular complexity index is 1470. The second kappa shape index (κ2) is 11.6. The van der Waals surface area contributed by atoms with E-state index in [1.807, 2.05) is 31.2 Å². The largest absolute Gasteiger partial charge is 0.416 e. The Kier molecular flexibility index (Phi) is 8.63. The minimum Gasteiger partial charge on any atom is -0.299 e. The van der Waals surface area contributed by atoms with E-state index in [2.05, 4.69) is 0 Å². The lowest BCUT2D eigenvalue weighted by Crippen LogP contribution is -2.41. The predicted octanol–water partition coefficient (Wildman–Crippen LogP) is 5.99. The molecule has 0 N–H and O–H groups in total. The molecule has 206 valence electrons. The van der Waals surface area contributed by atoms with Gasteiger partial charge in [-0.1, -0.05) is 59.6 Å². The number of benzene rings is 3. The fraction of sp³-hybridized carbons (Fsp3) is 0.310. The van der Waals surface area contributed by atoms with E-state index in [1.54, 1.807) is 12.1 Å². The highest BCUT2D eigenvalue weighted by Gasteiger charge is 2.39. The number of Topliss-reactive ketones (excluding diaryl/α,β-unsaturated/α-hetero) is 2. The smallest absolute Gasteiger partial charge is 0.299 e. The second-order valence-electron chi connectivity index (χ2n) is 9.74. The molecule has 0 saturated carbocycles. The third kappa shape index (κ3) is 6.96. The molecule has 0 aromatic heterocycles. The van der Waals surface area contributed by atoms with Crippen molar-refractivity contribution >= 4 is 33.2 Å². The number of carbonyl (C=O) groups excluding carboxylic acids is 2. The topological polar surface area (TPSA) is 71.5 Å². The molecule has 1 aliphatic rings. The number of hydrogen-bond acceptors (Lipinski definition) is 4. The molecule has 0 bridgehead atoms. The van der Waals surface area contributed by atoms with Gasteiger partial charge >= 0.3 is 6.18 Å². The number of ketones is 2. The maximum absolute atomic E-state index is 13.4. The van der Waals surface area contributed by atoms with Crippen LogP contribution in [0.25, 0.3) is 0 Å². The summed E-state index contributed by atoms with van der Waals surface area (Å²) < 4.78 is 66.7. The summed E-state index contributed by atoms with van der Waals surface area (Å²) in [6, 6.07) is 15.6. The van der Waals surface area contributed by atoms with Crippen molar-refractivity contribution in [1.29, 1.82) is 0 Å². The van der Waals surface area contributed by atoms with E-state index < -0.39 is 33.6 Å². The number of rotatable bonds is 9. The maximum Gasteiger partial charge on any atom is 0.416 e. The molecule has 1 fully saturated rings. The van der Waals surface area contributed by atoms with Crippen molar-refractivity contribution in [3.8, 4) is 0 Å². The Hall–Kier alpha value is -3.01. The van der Waals surface area contributed by atoms with Crippen LogP contribution in [0.3, 0.4) is 0 Å². The number of hydrogen-bond donors (Lipinski definition) is 0. The summed E-state index contributed by atoms with van der Waals surface area (Å²) in [4.78, 5) is 25.5. The van der Waals surface area contributed by atoms with E-state index >= 15 is 0 Å². The zero-order chi connectivity index (χ0) is 28.4. The molecule has 3 aromatic carbocycles. The highest BCUT2D eigenvalue weighted by molar-refractivity contribution is 7.89. The first-order chi connectivity index (χ1) is 18.3. The molecule has 0 radical (unpaired) electrons. The molecule has 5 nitrogen and oxygen atoms in total. The minimum absolute atomic E-state index is 0.00147. The van der Waals surface area contributed by atoms with E-state index in [0.717, 1.165) is 33.6 Å². The third-order valence-electron chi connectivity index (χ3n) is 6.77. The highest BCUT2D eigenvalue weighted by atomic mass is 35.5. The number of nitrogens with zero attached hydrogens (tertiary/aromatic N) is 1. The molecule has 39 heavy (non-hydrogen) atoms. The molecule has 4 rings (SSSR count). The SMILES string of the molecule is Cc1ccc(CC(=O)Cc2ccc(S(=O)(=O)N3CCC[C@H]3C(=O)Cc3ccc(C(F)(F)F)cc3Cl)cc2)cc1. The first kappa shape index (κ1) is 29.0. The van der Waals surface area contributed by atoms with Crippen LogP contribution < -0.4 is 0 Å². The van der Waals surface area contributed by atoms with E-state index in [1.165, 1.54) is 12.1 Å². The molecule has 1 atom stereocenters. The first-order valence-corrected chi connectivity index (χ1v) is 14.2. The van der Waals surface area contributed by atoms with Gasteiger partial charge in [-0.15, -0.1) is 0 Å². The van der Waals surface area contributed by atoms with Crippen LogP contribution >= 0.6 is 11.6 Å². The van der Waals surface area contributed by atoms with Gasteiger partial charge in [0.25, 0.3) is 0 Å². The van der Waals surface area contributed by atoms with Crippen LogP contribution in [-0.2, 0) is 45.1 Å². The Morgan fingerprint density at radius 2 is 1.51 bits per heavy atom. The fourth-order valence-electron chi connectivity index (χ4n) is 4.66. The maximum atomic E-state index is 13.4. The van der Waals surface area contributed by atoms with Crippen LogP contribution in [0.5, 0.6) is 0 Å². The Balaban J connectivity index is 1.43. The fourth-order valence-corrected chi connectivity index (χ4v) is 6.59. The summed E-state index contributed by atoms with van der Waals surface area (Å²) in [5.41, 5.74) is 1.98. The van der Waals surface area contributed by atoms with Crippen LogP contribution in [0.4, 0.5) is 13.2 Å². The van der Waals surface area contributed by atoms with Crippen molar-refractivity contribution in [3.63, 3.8) is 0 Å². The first-order valence-electron chi connectivity index (χ1n) is 12.4. The molecule has 10 heteroatoms. The van der Waals surface area contributed by atoms with E-state index in [9.17, 15) is 31.2 Å². The lowest BCUT2D eigenvalue weighted by Gasteiger charge is -2.23. The molecule has 0 spiro atoms. The lowest BCUT2D eigenvalue weighted by molar-refractivity contribution is -0.137. The molecular formula is C29H27ClF3NO4S. The summed E-state index contributed by atoms with van der Waals surface area (Å²) in [7, 11) is -4.01. The van der Waals surface area contributed by atoms with Crippen molar-refractivity contribution < 1.29 is 31.2 Å². The minimum atomic E-state index is -4.56. The number of aryl methyl sites for hydroxylation is 1. The number of halogens is 4. The van der Waals surface area contributed by atoms with Gasteiger partial charge < -0.3 is 0 Å². The molecule has 3 aromatic rings. The van der Waals surface area contributed by atoms with E-state index in [0.29, 0.717) is 18.4 Å². The van der Waals surface area contributed by atoms with Crippen molar-refractivity contribution in [2.75, 3.05) is 6.54 Å². The van der Waals surface area contributed by atoms with Gasteiger partial charge in [0, 0.05) is 30.8 Å². The number of carbonyl (C=O) groups is 2. The molecule has 0 aliphatic carbocycles. The van der Waals surface area contributed by atoms with Crippen molar-refractivity contribution in [1.82, 2.24) is 4.31 Å². The van der Waals surface area contributed by atoms with E-state index in [4.69, 9.17) is 11.6 Å². The summed E-state index contributed by atoms with van der Waals surface area (Å²) in [6.45, 7) is 2.12. The zero-order valence-corrected chi connectivity index (χ0v) is 22.7. The van der Waals surface area contributed by atoms with Crippen molar-refractivity contribution in [3.05, 3.63) is 99.6 Å². The molecule has 1 saturated heterocycles. The Morgan fingerprint density at radius 1 is 0.923 bits per heavy atom. The molecule has 0 unspecified atom stereocenters. The number of alkyl halides is 3. The van der Waals surface area contributed by atoms with Crippen molar-refractivity contribution in [2.24, 2.45) is 0 Å². The van der Waals surface area contributed by atoms with Gasteiger partial charge in [-0.2, -0.15) is 17.5 Å². The quantitative estimate of drug-likeness (QED) is 0.313. The van der Waals surface area contributed by atoms with Crippen LogP contribution in [0.2, 0.25) is 5.02 Å². The van der Waals surface area contributed by atoms with Gasteiger partial charge in [-0.3, -0.25) is 9.59 Å². The molecule has 1 aliphatic heterocycles. The second-order valence-corrected chi connectivity index (χ2v) is 12.0. The third-order valence-corrected chi connectivity index (χ3v) is 9.05. The normalized spacial score (nSPS) is 16.4. The van der Waals surface area contributed by atoms with Crippen LogP contribution in [-0.4, -0.2) is 36.9 Å². The summed E-state index contributed by atoms with van der Waals surface area (Å²) in [5.74, 6) is -0.433. The standard InChI is InChI=1S/C29H27ClF3NO4S/c1-19-4-6-20(7-5-19)15-24(35)16-21-8-12-25(13-9-21)39(37,38)34-14-2-3-27(34)28(36)17-22-10-11-23(18-26(22)30)29(31,32)33/h4-13,18,27H,2-3,14-17H2,1H3/t27-/m0/s1. The molecular weight excluding hydrogens is 551 g/mol. The molecule has 0 amide bonds. The summed E-state index contributed by atoms with van der Waals surface area (Å²) in [5, 5.41) is -0.196. The Labute approximate surface area is 230 Å². The van der Waals surface area contributed by atoms with Crippen LogP contribution in [0.15, 0.2) is 71.6 Å². The van der Waals surface area contributed by atoms with Gasteiger partial charge in [-0.25, -0.2) is 8.42 Å². The van der Waals surface area contributed by atoms with Crippen LogP contribution in [0, 0.1) is 6.92 Å². The van der Waals surface area contributed by atoms with Gasteiger partial charge in [0.15, 0.2) is 5.78 Å².